The molecule has 1 atom stereocenters. The quantitative estimate of drug-likeness (QED) is 0.776. The molecule has 1 heterocycles. The van der Waals surface area contributed by atoms with Gasteiger partial charge in [0.2, 0.25) is 0 Å². The summed E-state index contributed by atoms with van der Waals surface area (Å²) in [6.07, 6.45) is 4.40. The van der Waals surface area contributed by atoms with Gasteiger partial charge in [-0.05, 0) is 48.9 Å². The van der Waals surface area contributed by atoms with Crippen LogP contribution in [0.4, 0.5) is 5.69 Å². The zero-order valence-electron chi connectivity index (χ0n) is 15.0. The summed E-state index contributed by atoms with van der Waals surface area (Å²) < 4.78 is 10.4. The van der Waals surface area contributed by atoms with Crippen molar-refractivity contribution in [1.82, 2.24) is 0 Å². The Morgan fingerprint density at radius 2 is 2.12 bits per heavy atom. The van der Waals surface area contributed by atoms with Crippen LogP contribution < -0.4 is 10.1 Å². The molecule has 0 fully saturated rings. The summed E-state index contributed by atoms with van der Waals surface area (Å²) in [6.45, 7) is 1.88. The average molecular weight is 373 g/mol. The number of thiophene rings is 1. The number of carbonyl (C=O) groups excluding carboxylic acids is 2. The number of fused-ring (bicyclic) bond motifs is 1. The molecular weight excluding hydrogens is 350 g/mol. The number of hydrogen-bond donors (Lipinski definition) is 1. The number of rotatable bonds is 6. The molecule has 3 rings (SSSR count). The van der Waals surface area contributed by atoms with Gasteiger partial charge in [-0.3, -0.25) is 4.79 Å². The summed E-state index contributed by atoms with van der Waals surface area (Å²) in [5.74, 6) is 0.430. The van der Waals surface area contributed by atoms with Crippen LogP contribution in [0.5, 0.6) is 5.75 Å². The highest BCUT2D eigenvalue weighted by Gasteiger charge is 2.23. The second kappa shape index (κ2) is 8.36. The summed E-state index contributed by atoms with van der Waals surface area (Å²) in [6, 6.07) is 9.03. The predicted octanol–water partition coefficient (Wildman–Crippen LogP) is 4.07. The molecule has 0 saturated carbocycles. The number of esters is 1. The van der Waals surface area contributed by atoms with E-state index in [9.17, 15) is 9.59 Å². The number of hydrogen-bond acceptors (Lipinski definition) is 5. The number of amides is 1. The number of para-hydroxylation sites is 2. The molecule has 0 radical (unpaired) electrons. The van der Waals surface area contributed by atoms with Crippen LogP contribution in [0.15, 0.2) is 30.3 Å². The van der Waals surface area contributed by atoms with E-state index in [2.05, 4.69) is 12.2 Å². The molecular formula is C20H23NO4S. The molecule has 1 N–H and O–H groups in total. The molecule has 1 amide bonds. The molecule has 0 spiro atoms. The van der Waals surface area contributed by atoms with Crippen molar-refractivity contribution in [3.8, 4) is 5.75 Å². The Hall–Kier alpha value is -2.34. The highest BCUT2D eigenvalue weighted by atomic mass is 32.1. The minimum atomic E-state index is -0.437. The van der Waals surface area contributed by atoms with Crippen molar-refractivity contribution in [3.63, 3.8) is 0 Å². The molecule has 26 heavy (non-hydrogen) atoms. The molecule has 1 aliphatic rings. The van der Waals surface area contributed by atoms with Crippen LogP contribution in [0.25, 0.3) is 0 Å². The third-order valence-corrected chi connectivity index (χ3v) is 5.90. The van der Waals surface area contributed by atoms with Gasteiger partial charge >= 0.3 is 5.97 Å². The van der Waals surface area contributed by atoms with E-state index >= 15 is 0 Å². The van der Waals surface area contributed by atoms with E-state index < -0.39 is 11.9 Å². The van der Waals surface area contributed by atoms with Crippen molar-refractivity contribution in [1.29, 1.82) is 0 Å². The van der Waals surface area contributed by atoms with Gasteiger partial charge in [0.1, 0.15) is 10.6 Å². The molecule has 1 aromatic heterocycles. The van der Waals surface area contributed by atoms with Crippen LogP contribution in [0.1, 0.15) is 39.9 Å². The Bertz CT molecular complexity index is 799. The Labute approximate surface area is 157 Å². The lowest BCUT2D eigenvalue weighted by molar-refractivity contribution is -0.119. The van der Waals surface area contributed by atoms with Gasteiger partial charge in [0.15, 0.2) is 6.61 Å². The maximum Gasteiger partial charge on any atom is 0.348 e. The standard InChI is InChI=1S/C20H23NO4S/c1-3-13-8-9-17-14(10-13)11-18(26-17)20(23)25-12-19(22)21-15-6-4-5-7-16(15)24-2/h4-7,11,13H,3,8-10,12H2,1-2H3,(H,21,22)/t13-/m1/s1. The van der Waals surface area contributed by atoms with Crippen LogP contribution in [0.3, 0.4) is 0 Å². The lowest BCUT2D eigenvalue weighted by atomic mass is 9.87. The molecule has 0 unspecified atom stereocenters. The van der Waals surface area contributed by atoms with Crippen molar-refractivity contribution < 1.29 is 19.1 Å². The number of benzene rings is 1. The third kappa shape index (κ3) is 4.25. The first-order valence-electron chi connectivity index (χ1n) is 8.82. The van der Waals surface area contributed by atoms with Crippen LogP contribution in [-0.4, -0.2) is 25.6 Å². The molecule has 0 bridgehead atoms. The van der Waals surface area contributed by atoms with Crippen LogP contribution >= 0.6 is 11.3 Å². The first-order valence-corrected chi connectivity index (χ1v) is 9.64. The number of aryl methyl sites for hydroxylation is 1. The molecule has 138 valence electrons. The van der Waals surface area contributed by atoms with Crippen molar-refractivity contribution >= 4 is 28.9 Å². The maximum absolute atomic E-state index is 12.3. The normalized spacial score (nSPS) is 15.8. The summed E-state index contributed by atoms with van der Waals surface area (Å²) >= 11 is 1.49. The topological polar surface area (TPSA) is 64.6 Å². The minimum Gasteiger partial charge on any atom is -0.495 e. The number of anilines is 1. The van der Waals surface area contributed by atoms with Gasteiger partial charge in [0.25, 0.3) is 5.91 Å². The minimum absolute atomic E-state index is 0.322. The molecule has 5 nitrogen and oxygen atoms in total. The van der Waals surface area contributed by atoms with Crippen molar-refractivity contribution in [2.75, 3.05) is 19.0 Å². The summed E-state index contributed by atoms with van der Waals surface area (Å²) in [7, 11) is 1.53. The summed E-state index contributed by atoms with van der Waals surface area (Å²) in [5, 5.41) is 2.69. The number of carbonyl (C=O) groups is 2. The van der Waals surface area contributed by atoms with E-state index in [4.69, 9.17) is 9.47 Å². The SMILES string of the molecule is CC[C@@H]1CCc2sc(C(=O)OCC(=O)Nc3ccccc3OC)cc2C1. The van der Waals surface area contributed by atoms with E-state index in [0.29, 0.717) is 22.2 Å². The summed E-state index contributed by atoms with van der Waals surface area (Å²) in [5.41, 5.74) is 1.81. The van der Waals surface area contributed by atoms with E-state index in [1.54, 1.807) is 18.2 Å². The fraction of sp³-hybridized carbons (Fsp3) is 0.400. The van der Waals surface area contributed by atoms with Gasteiger partial charge < -0.3 is 14.8 Å². The van der Waals surface area contributed by atoms with Crippen LogP contribution in [0, 0.1) is 5.92 Å². The zero-order chi connectivity index (χ0) is 18.5. The number of ether oxygens (including phenoxy) is 2. The zero-order valence-corrected chi connectivity index (χ0v) is 15.9. The van der Waals surface area contributed by atoms with Gasteiger partial charge in [-0.15, -0.1) is 11.3 Å². The highest BCUT2D eigenvalue weighted by molar-refractivity contribution is 7.14. The van der Waals surface area contributed by atoms with Crippen molar-refractivity contribution in [2.24, 2.45) is 5.92 Å². The lowest BCUT2D eigenvalue weighted by Gasteiger charge is -2.19. The highest BCUT2D eigenvalue weighted by Crippen LogP contribution is 2.33. The first kappa shape index (κ1) is 18.5. The molecule has 1 aliphatic carbocycles. The smallest absolute Gasteiger partial charge is 0.348 e. The second-order valence-electron chi connectivity index (χ2n) is 6.40. The maximum atomic E-state index is 12.3. The lowest BCUT2D eigenvalue weighted by Crippen LogP contribution is -2.20. The number of nitrogens with one attached hydrogen (secondary N) is 1. The van der Waals surface area contributed by atoms with Crippen molar-refractivity contribution in [3.05, 3.63) is 45.6 Å². The Kier molecular flexibility index (Phi) is 5.93. The van der Waals surface area contributed by atoms with E-state index in [1.165, 1.54) is 35.3 Å². The van der Waals surface area contributed by atoms with E-state index in [0.717, 1.165) is 19.3 Å². The van der Waals surface area contributed by atoms with Gasteiger partial charge in [0, 0.05) is 4.88 Å². The van der Waals surface area contributed by atoms with E-state index in [1.807, 2.05) is 12.1 Å². The van der Waals surface area contributed by atoms with Crippen LogP contribution in [0.2, 0.25) is 0 Å². The first-order chi connectivity index (χ1) is 12.6. The average Bonchev–Trinajstić information content (AvgIpc) is 3.09. The van der Waals surface area contributed by atoms with E-state index in [-0.39, 0.29) is 6.61 Å². The largest absolute Gasteiger partial charge is 0.495 e. The second-order valence-corrected chi connectivity index (χ2v) is 7.54. The third-order valence-electron chi connectivity index (χ3n) is 4.68. The fourth-order valence-corrected chi connectivity index (χ4v) is 4.29. The molecule has 0 aliphatic heterocycles. The number of methoxy groups -OCH3 is 1. The van der Waals surface area contributed by atoms with Crippen LogP contribution in [-0.2, 0) is 22.4 Å². The van der Waals surface area contributed by atoms with Gasteiger partial charge in [-0.1, -0.05) is 25.5 Å². The van der Waals surface area contributed by atoms with Gasteiger partial charge in [0.05, 0.1) is 12.8 Å². The monoisotopic (exact) mass is 373 g/mol. The van der Waals surface area contributed by atoms with Gasteiger partial charge in [-0.2, -0.15) is 0 Å². The molecule has 1 aromatic carbocycles. The molecule has 6 heteroatoms. The predicted molar refractivity (Wildman–Crippen MR) is 102 cm³/mol. The molecule has 2 aromatic rings. The Morgan fingerprint density at radius 1 is 1.31 bits per heavy atom. The Morgan fingerprint density at radius 3 is 2.88 bits per heavy atom. The fourth-order valence-electron chi connectivity index (χ4n) is 3.18. The van der Waals surface area contributed by atoms with Gasteiger partial charge in [-0.25, -0.2) is 4.79 Å². The molecule has 0 saturated heterocycles. The summed E-state index contributed by atoms with van der Waals surface area (Å²) in [4.78, 5) is 26.2. The van der Waals surface area contributed by atoms with Crippen molar-refractivity contribution in [2.45, 2.75) is 32.6 Å². The Balaban J connectivity index is 1.56.